The van der Waals surface area contributed by atoms with Crippen LogP contribution in [0.4, 0.5) is 17.2 Å². The van der Waals surface area contributed by atoms with Crippen molar-refractivity contribution in [3.8, 4) is 0 Å². The van der Waals surface area contributed by atoms with Crippen molar-refractivity contribution in [3.05, 3.63) is 67.3 Å². The summed E-state index contributed by atoms with van der Waals surface area (Å²) in [6.07, 6.45) is 10.8. The van der Waals surface area contributed by atoms with E-state index < -0.39 is 0 Å². The molecule has 0 aliphatic rings. The quantitative estimate of drug-likeness (QED) is 0.477. The molecule has 136 valence electrons. The van der Waals surface area contributed by atoms with Crippen LogP contribution in [0, 0.1) is 6.92 Å². The van der Waals surface area contributed by atoms with Crippen LogP contribution < -0.4 is 16.8 Å². The van der Waals surface area contributed by atoms with E-state index in [1.165, 1.54) is 12.7 Å². The van der Waals surface area contributed by atoms with E-state index in [1.54, 1.807) is 18.7 Å². The molecule has 0 atom stereocenters. The zero-order valence-corrected chi connectivity index (χ0v) is 15.2. The minimum atomic E-state index is 0.711. The molecule has 0 saturated heterocycles. The van der Waals surface area contributed by atoms with Gasteiger partial charge < -0.3 is 25.8 Å². The Balaban J connectivity index is 0.000000227. The smallest absolute Gasteiger partial charge is 0.180 e. The first-order valence-corrected chi connectivity index (χ1v) is 8.04. The Bertz CT molecular complexity index is 924. The van der Waals surface area contributed by atoms with Crippen molar-refractivity contribution in [2.24, 2.45) is 12.8 Å². The average molecular weight is 352 g/mol. The molecular formula is C18H24N8. The number of aryl methyl sites for hydroxylation is 2. The van der Waals surface area contributed by atoms with Gasteiger partial charge in [0.25, 0.3) is 0 Å². The summed E-state index contributed by atoms with van der Waals surface area (Å²) in [4.78, 5) is 12.4. The van der Waals surface area contributed by atoms with Crippen LogP contribution in [0.2, 0.25) is 0 Å². The summed E-state index contributed by atoms with van der Waals surface area (Å²) in [5.41, 5.74) is 13.8. The molecule has 26 heavy (non-hydrogen) atoms. The van der Waals surface area contributed by atoms with Crippen molar-refractivity contribution in [2.45, 2.75) is 6.92 Å². The highest BCUT2D eigenvalue weighted by Gasteiger charge is 2.03. The largest absolute Gasteiger partial charge is 0.399 e. The number of nitrogens with one attached hydrogen (secondary N) is 1. The highest BCUT2D eigenvalue weighted by Crippen LogP contribution is 2.19. The van der Waals surface area contributed by atoms with Gasteiger partial charge in [0.2, 0.25) is 0 Å². The third-order valence-corrected chi connectivity index (χ3v) is 3.52. The second kappa shape index (κ2) is 9.19. The number of nitrogens with zero attached hydrogens (tertiary/aromatic N) is 5. The monoisotopic (exact) mass is 352 g/mol. The number of rotatable bonds is 2. The summed E-state index contributed by atoms with van der Waals surface area (Å²) < 4.78 is 3.88. The second-order valence-electron chi connectivity index (χ2n) is 5.33. The van der Waals surface area contributed by atoms with Gasteiger partial charge in [-0.3, -0.25) is 0 Å². The van der Waals surface area contributed by atoms with Crippen molar-refractivity contribution in [3.63, 3.8) is 0 Å². The number of nitrogen functional groups attached to an aromatic ring is 1. The van der Waals surface area contributed by atoms with Gasteiger partial charge in [0, 0.05) is 55.1 Å². The number of hydrogen-bond acceptors (Lipinski definition) is 6. The molecule has 8 heteroatoms. The third kappa shape index (κ3) is 4.81. The van der Waals surface area contributed by atoms with Crippen LogP contribution in [0.5, 0.6) is 0 Å². The first-order valence-electron chi connectivity index (χ1n) is 8.04. The van der Waals surface area contributed by atoms with Crippen LogP contribution in [0.25, 0.3) is 5.65 Å². The van der Waals surface area contributed by atoms with E-state index in [0.29, 0.717) is 11.5 Å². The van der Waals surface area contributed by atoms with Gasteiger partial charge in [-0.25, -0.2) is 15.0 Å². The lowest BCUT2D eigenvalue weighted by Crippen LogP contribution is -1.98. The molecule has 0 fully saturated rings. The summed E-state index contributed by atoms with van der Waals surface area (Å²) in [5, 5.41) is 3.20. The summed E-state index contributed by atoms with van der Waals surface area (Å²) >= 11 is 0. The van der Waals surface area contributed by atoms with Crippen LogP contribution in [0.1, 0.15) is 5.69 Å². The highest BCUT2D eigenvalue weighted by atomic mass is 15.1. The van der Waals surface area contributed by atoms with E-state index in [1.807, 2.05) is 65.8 Å². The summed E-state index contributed by atoms with van der Waals surface area (Å²) in [7, 11) is 3.47. The van der Waals surface area contributed by atoms with Crippen molar-refractivity contribution < 1.29 is 0 Å². The Morgan fingerprint density at radius 2 is 1.81 bits per heavy atom. The fraction of sp³-hybridized carbons (Fsp3) is 0.167. The Hall–Kier alpha value is -3.39. The molecule has 0 aliphatic carbocycles. The molecule has 0 spiro atoms. The average Bonchev–Trinajstić information content (AvgIpc) is 3.27. The van der Waals surface area contributed by atoms with Gasteiger partial charge in [-0.2, -0.15) is 0 Å². The molecule has 3 aromatic heterocycles. The molecule has 3 heterocycles. The van der Waals surface area contributed by atoms with Gasteiger partial charge in [0.05, 0.1) is 6.33 Å². The number of nitrogens with two attached hydrogens (primary N) is 2. The van der Waals surface area contributed by atoms with Gasteiger partial charge in [0.15, 0.2) is 11.5 Å². The number of benzene rings is 1. The molecule has 0 unspecified atom stereocenters. The molecule has 1 aromatic carbocycles. The predicted octanol–water partition coefficient (Wildman–Crippen LogP) is 2.36. The van der Waals surface area contributed by atoms with Crippen molar-refractivity contribution in [1.29, 1.82) is 0 Å². The molecule has 0 saturated carbocycles. The normalized spacial score (nSPS) is 9.69. The van der Waals surface area contributed by atoms with Gasteiger partial charge >= 0.3 is 0 Å². The third-order valence-electron chi connectivity index (χ3n) is 3.52. The lowest BCUT2D eigenvalue weighted by atomic mass is 10.3. The minimum Gasteiger partial charge on any atom is -0.399 e. The minimum absolute atomic E-state index is 0.711. The van der Waals surface area contributed by atoms with Gasteiger partial charge in [-0.1, -0.05) is 6.07 Å². The van der Waals surface area contributed by atoms with Gasteiger partial charge in [-0.15, -0.1) is 0 Å². The van der Waals surface area contributed by atoms with E-state index in [9.17, 15) is 0 Å². The van der Waals surface area contributed by atoms with Crippen LogP contribution in [0.15, 0.2) is 61.6 Å². The molecule has 4 rings (SSSR count). The maximum absolute atomic E-state index is 5.72. The zero-order valence-electron chi connectivity index (χ0n) is 15.2. The number of aromatic nitrogens is 5. The number of imidazole rings is 2. The number of anilines is 3. The predicted molar refractivity (Wildman–Crippen MR) is 105 cm³/mol. The SMILES string of the molecule is CN.Cc1cncn1C.Nc1cccc(Nc2nccn3ccnc23)c1. The molecule has 4 aromatic rings. The fourth-order valence-corrected chi connectivity index (χ4v) is 2.12. The van der Waals surface area contributed by atoms with E-state index >= 15 is 0 Å². The molecule has 0 aliphatic heterocycles. The lowest BCUT2D eigenvalue weighted by Gasteiger charge is -2.06. The molecule has 5 N–H and O–H groups in total. The van der Waals surface area contributed by atoms with E-state index in [2.05, 4.69) is 26.0 Å². The first kappa shape index (κ1) is 18.9. The maximum atomic E-state index is 5.72. The molecule has 8 nitrogen and oxygen atoms in total. The highest BCUT2D eigenvalue weighted by molar-refractivity contribution is 5.71. The van der Waals surface area contributed by atoms with E-state index in [-0.39, 0.29) is 0 Å². The summed E-state index contributed by atoms with van der Waals surface area (Å²) in [6, 6.07) is 7.52. The van der Waals surface area contributed by atoms with Crippen molar-refractivity contribution in [1.82, 2.24) is 23.9 Å². The van der Waals surface area contributed by atoms with E-state index in [0.717, 1.165) is 11.3 Å². The molecular weight excluding hydrogens is 328 g/mol. The Kier molecular flexibility index (Phi) is 6.69. The standard InChI is InChI=1S/C12H11N5.C5H8N2.CH5N/c13-9-2-1-3-10(8-9)16-11-12-15-5-7-17(12)6-4-14-11;1-5-3-6-4-7(5)2;1-2/h1-8H,13H2,(H,14,16);3-4H,1-2H3;2H2,1H3. The fourth-order valence-electron chi connectivity index (χ4n) is 2.12. The zero-order chi connectivity index (χ0) is 18.9. The molecule has 0 radical (unpaired) electrons. The van der Waals surface area contributed by atoms with Gasteiger partial charge in [-0.05, 0) is 32.2 Å². The molecule has 0 bridgehead atoms. The van der Waals surface area contributed by atoms with Crippen molar-refractivity contribution >= 4 is 22.8 Å². The Morgan fingerprint density at radius 3 is 2.38 bits per heavy atom. The van der Waals surface area contributed by atoms with Crippen LogP contribution in [0.3, 0.4) is 0 Å². The number of fused-ring (bicyclic) bond motifs is 1. The number of hydrogen-bond donors (Lipinski definition) is 3. The van der Waals surface area contributed by atoms with E-state index in [4.69, 9.17) is 5.73 Å². The van der Waals surface area contributed by atoms with Crippen LogP contribution >= 0.6 is 0 Å². The Labute approximate surface area is 152 Å². The van der Waals surface area contributed by atoms with Crippen LogP contribution in [-0.2, 0) is 7.05 Å². The summed E-state index contributed by atoms with van der Waals surface area (Å²) in [6.45, 7) is 2.02. The Morgan fingerprint density at radius 1 is 1.08 bits per heavy atom. The van der Waals surface area contributed by atoms with Gasteiger partial charge in [0.1, 0.15) is 0 Å². The maximum Gasteiger partial charge on any atom is 0.180 e. The topological polar surface area (TPSA) is 112 Å². The lowest BCUT2D eigenvalue weighted by molar-refractivity contribution is 0.873. The van der Waals surface area contributed by atoms with Crippen LogP contribution in [-0.4, -0.2) is 31.0 Å². The molecule has 0 amide bonds. The van der Waals surface area contributed by atoms with Crippen molar-refractivity contribution in [2.75, 3.05) is 18.1 Å². The second-order valence-corrected chi connectivity index (χ2v) is 5.33. The first-order chi connectivity index (χ1) is 12.6. The summed E-state index contributed by atoms with van der Waals surface area (Å²) in [5.74, 6) is 0.711.